The molecule has 0 atom stereocenters. The Balaban J connectivity index is 1.79. The summed E-state index contributed by atoms with van der Waals surface area (Å²) < 4.78 is 1.42. The Morgan fingerprint density at radius 3 is 2.52 bits per heavy atom. The summed E-state index contributed by atoms with van der Waals surface area (Å²) in [5.41, 5.74) is 1.25. The van der Waals surface area contributed by atoms with Crippen LogP contribution in [0.4, 0.5) is 11.6 Å². The van der Waals surface area contributed by atoms with Gasteiger partial charge in [0.1, 0.15) is 6.33 Å². The SMILES string of the molecule is O=c1nc(Nc2ccccc2)ncn1Cc1ccccn1. The standard InChI is InChI=1S/C15H13N5O/c21-15-19-14(18-12-6-2-1-3-7-12)17-11-20(15)10-13-8-4-5-9-16-13/h1-9,11H,10H2,(H,18,19,21). The van der Waals surface area contributed by atoms with Crippen molar-refractivity contribution in [2.75, 3.05) is 5.32 Å². The molecule has 0 aliphatic heterocycles. The van der Waals surface area contributed by atoms with Crippen molar-refractivity contribution < 1.29 is 0 Å². The van der Waals surface area contributed by atoms with Crippen LogP contribution in [-0.4, -0.2) is 19.5 Å². The zero-order chi connectivity index (χ0) is 14.5. The zero-order valence-electron chi connectivity index (χ0n) is 11.2. The fourth-order valence-corrected chi connectivity index (χ4v) is 1.84. The van der Waals surface area contributed by atoms with Crippen molar-refractivity contribution in [3.63, 3.8) is 0 Å². The minimum absolute atomic E-state index is 0.281. The number of anilines is 2. The van der Waals surface area contributed by atoms with Crippen molar-refractivity contribution >= 4 is 11.6 Å². The molecule has 21 heavy (non-hydrogen) atoms. The molecule has 0 unspecified atom stereocenters. The highest BCUT2D eigenvalue weighted by Crippen LogP contribution is 2.09. The smallest absolute Gasteiger partial charge is 0.324 e. The van der Waals surface area contributed by atoms with Gasteiger partial charge in [0, 0.05) is 11.9 Å². The third-order valence-corrected chi connectivity index (χ3v) is 2.86. The molecule has 0 saturated carbocycles. The van der Waals surface area contributed by atoms with Gasteiger partial charge in [0.2, 0.25) is 5.95 Å². The van der Waals surface area contributed by atoms with Crippen LogP contribution in [0.15, 0.2) is 65.8 Å². The second kappa shape index (κ2) is 5.96. The van der Waals surface area contributed by atoms with Crippen molar-refractivity contribution in [3.8, 4) is 0 Å². The first kappa shape index (κ1) is 13.0. The monoisotopic (exact) mass is 279 g/mol. The average molecular weight is 279 g/mol. The van der Waals surface area contributed by atoms with Crippen molar-refractivity contribution in [3.05, 3.63) is 77.2 Å². The number of nitrogens with one attached hydrogen (secondary N) is 1. The van der Waals surface area contributed by atoms with Gasteiger partial charge in [-0.2, -0.15) is 4.98 Å². The zero-order valence-corrected chi connectivity index (χ0v) is 11.2. The lowest BCUT2D eigenvalue weighted by atomic mass is 10.3. The van der Waals surface area contributed by atoms with Gasteiger partial charge in [-0.3, -0.25) is 9.55 Å². The number of benzene rings is 1. The predicted octanol–water partition coefficient (Wildman–Crippen LogP) is 1.83. The summed E-state index contributed by atoms with van der Waals surface area (Å²) in [6.07, 6.45) is 3.15. The van der Waals surface area contributed by atoms with E-state index in [1.54, 1.807) is 6.20 Å². The molecule has 0 fully saturated rings. The van der Waals surface area contributed by atoms with Gasteiger partial charge in [0.05, 0.1) is 12.2 Å². The molecule has 0 amide bonds. The highest BCUT2D eigenvalue weighted by molar-refractivity contribution is 5.51. The third-order valence-electron chi connectivity index (χ3n) is 2.86. The van der Waals surface area contributed by atoms with Gasteiger partial charge in [-0.15, -0.1) is 0 Å². The molecule has 2 aromatic heterocycles. The number of pyridine rings is 1. The van der Waals surface area contributed by atoms with Gasteiger partial charge >= 0.3 is 5.69 Å². The first-order valence-corrected chi connectivity index (χ1v) is 6.47. The van der Waals surface area contributed by atoms with Crippen molar-refractivity contribution in [2.24, 2.45) is 0 Å². The topological polar surface area (TPSA) is 72.7 Å². The lowest BCUT2D eigenvalue weighted by Crippen LogP contribution is -2.25. The van der Waals surface area contributed by atoms with Crippen molar-refractivity contribution in [2.45, 2.75) is 6.54 Å². The van der Waals surface area contributed by atoms with E-state index in [4.69, 9.17) is 0 Å². The minimum atomic E-state index is -0.367. The van der Waals surface area contributed by atoms with Crippen LogP contribution < -0.4 is 11.0 Å². The highest BCUT2D eigenvalue weighted by atomic mass is 16.1. The molecule has 1 aromatic carbocycles. The van der Waals surface area contributed by atoms with Crippen LogP contribution in [0.5, 0.6) is 0 Å². The highest BCUT2D eigenvalue weighted by Gasteiger charge is 2.03. The Morgan fingerprint density at radius 1 is 1.00 bits per heavy atom. The van der Waals surface area contributed by atoms with E-state index in [1.165, 1.54) is 10.9 Å². The molecule has 0 saturated heterocycles. The third kappa shape index (κ3) is 3.30. The molecular weight excluding hydrogens is 266 g/mol. The van der Waals surface area contributed by atoms with E-state index in [0.29, 0.717) is 6.54 Å². The maximum absolute atomic E-state index is 12.0. The van der Waals surface area contributed by atoms with Gasteiger partial charge in [0.25, 0.3) is 0 Å². The molecule has 0 spiro atoms. The van der Waals surface area contributed by atoms with Crippen LogP contribution in [0.25, 0.3) is 0 Å². The number of nitrogens with zero attached hydrogens (tertiary/aromatic N) is 4. The molecule has 0 aliphatic rings. The molecule has 104 valence electrons. The molecule has 0 aliphatic carbocycles. The number of rotatable bonds is 4. The summed E-state index contributed by atoms with van der Waals surface area (Å²) in [4.78, 5) is 24.2. The lowest BCUT2D eigenvalue weighted by Gasteiger charge is -2.06. The molecular formula is C15H13N5O. The maximum Gasteiger partial charge on any atom is 0.352 e. The summed E-state index contributed by atoms with van der Waals surface area (Å²) in [6, 6.07) is 15.0. The van der Waals surface area contributed by atoms with Crippen LogP contribution in [0.1, 0.15) is 5.69 Å². The van der Waals surface area contributed by atoms with E-state index in [1.807, 2.05) is 48.5 Å². The van der Waals surface area contributed by atoms with Crippen LogP contribution >= 0.6 is 0 Å². The number of hydrogen-bond acceptors (Lipinski definition) is 5. The number of hydrogen-bond donors (Lipinski definition) is 1. The molecule has 0 bridgehead atoms. The molecule has 3 rings (SSSR count). The normalized spacial score (nSPS) is 10.3. The maximum atomic E-state index is 12.0. The van der Waals surface area contributed by atoms with Crippen LogP contribution in [-0.2, 0) is 6.54 Å². The van der Waals surface area contributed by atoms with Crippen LogP contribution in [0.3, 0.4) is 0 Å². The molecule has 6 nitrogen and oxygen atoms in total. The van der Waals surface area contributed by atoms with Gasteiger partial charge in [-0.05, 0) is 24.3 Å². The van der Waals surface area contributed by atoms with Crippen LogP contribution in [0, 0.1) is 0 Å². The van der Waals surface area contributed by atoms with Gasteiger partial charge in [-0.1, -0.05) is 24.3 Å². The van der Waals surface area contributed by atoms with Crippen LogP contribution in [0.2, 0.25) is 0 Å². The summed E-state index contributed by atoms with van der Waals surface area (Å²) in [7, 11) is 0. The van der Waals surface area contributed by atoms with E-state index >= 15 is 0 Å². The average Bonchev–Trinajstić information content (AvgIpc) is 2.52. The second-order valence-electron chi connectivity index (χ2n) is 4.40. The van der Waals surface area contributed by atoms with Gasteiger partial charge < -0.3 is 5.32 Å². The fraction of sp³-hybridized carbons (Fsp3) is 0.0667. The van der Waals surface area contributed by atoms with E-state index in [9.17, 15) is 4.79 Å². The Labute approximate surface area is 121 Å². The Morgan fingerprint density at radius 2 is 1.81 bits per heavy atom. The summed E-state index contributed by atoms with van der Waals surface area (Å²) in [6.45, 7) is 0.352. The quantitative estimate of drug-likeness (QED) is 0.788. The molecule has 6 heteroatoms. The summed E-state index contributed by atoms with van der Waals surface area (Å²) in [5.74, 6) is 0.281. The molecule has 3 aromatic rings. The minimum Gasteiger partial charge on any atom is -0.324 e. The van der Waals surface area contributed by atoms with E-state index < -0.39 is 0 Å². The first-order chi connectivity index (χ1) is 10.3. The molecule has 2 heterocycles. The lowest BCUT2D eigenvalue weighted by molar-refractivity contribution is 0.689. The summed E-state index contributed by atoms with van der Waals surface area (Å²) in [5, 5.41) is 2.98. The summed E-state index contributed by atoms with van der Waals surface area (Å²) >= 11 is 0. The van der Waals surface area contributed by atoms with E-state index in [-0.39, 0.29) is 11.6 Å². The number of aromatic nitrogens is 4. The van der Waals surface area contributed by atoms with Crippen molar-refractivity contribution in [1.82, 2.24) is 19.5 Å². The van der Waals surface area contributed by atoms with E-state index in [0.717, 1.165) is 11.4 Å². The Hall–Kier alpha value is -3.02. The van der Waals surface area contributed by atoms with E-state index in [2.05, 4.69) is 20.3 Å². The molecule has 0 radical (unpaired) electrons. The second-order valence-corrected chi connectivity index (χ2v) is 4.40. The first-order valence-electron chi connectivity index (χ1n) is 6.47. The largest absolute Gasteiger partial charge is 0.352 e. The van der Waals surface area contributed by atoms with Gasteiger partial charge in [-0.25, -0.2) is 9.78 Å². The molecule has 1 N–H and O–H groups in total. The Bertz CT molecular complexity index is 771. The Kier molecular flexibility index (Phi) is 3.68. The predicted molar refractivity (Wildman–Crippen MR) is 79.4 cm³/mol. The number of para-hydroxylation sites is 1. The fourth-order valence-electron chi connectivity index (χ4n) is 1.84. The van der Waals surface area contributed by atoms with Gasteiger partial charge in [0.15, 0.2) is 0 Å². The van der Waals surface area contributed by atoms with Crippen molar-refractivity contribution in [1.29, 1.82) is 0 Å².